The van der Waals surface area contributed by atoms with Gasteiger partial charge in [0.15, 0.2) is 0 Å². The topological polar surface area (TPSA) is 47.0 Å². The number of hydrogen-bond acceptors (Lipinski definition) is 4. The molecular weight excluding hydrogens is 281 g/mol. The van der Waals surface area contributed by atoms with Gasteiger partial charge in [0, 0.05) is 0 Å². The molecule has 1 aliphatic heterocycles. The third kappa shape index (κ3) is 2.35. The number of benzene rings is 1. The van der Waals surface area contributed by atoms with Crippen LogP contribution in [-0.4, -0.2) is 35.6 Å². The number of ether oxygens (including phenoxy) is 1. The Morgan fingerprint density at radius 1 is 1.41 bits per heavy atom. The zero-order chi connectivity index (χ0) is 11.5. The van der Waals surface area contributed by atoms with E-state index >= 15 is 0 Å². The molecule has 0 aliphatic carbocycles. The molecule has 4 nitrogen and oxygen atoms in total. The summed E-state index contributed by atoms with van der Waals surface area (Å²) in [5.74, 6) is 0. The first-order chi connectivity index (χ1) is 8.43. The average Bonchev–Trinajstić information content (AvgIpc) is 2.86. The van der Waals surface area contributed by atoms with Crippen molar-refractivity contribution in [1.82, 2.24) is 7.96 Å². The normalized spacial score (nSPS) is 19.2. The number of allylic oxidation sites excluding steroid dienone is 1. The van der Waals surface area contributed by atoms with Crippen molar-refractivity contribution in [2.24, 2.45) is 0 Å². The first-order valence-electron chi connectivity index (χ1n) is 5.69. The quantitative estimate of drug-likeness (QED) is 0.877. The Labute approximate surface area is 106 Å². The van der Waals surface area contributed by atoms with Gasteiger partial charge in [0.05, 0.1) is 0 Å². The first kappa shape index (κ1) is 10.8. The summed E-state index contributed by atoms with van der Waals surface area (Å²) >= 11 is 0.0319. The molecule has 0 bridgehead atoms. The molecule has 2 aromatic rings. The molecule has 2 heterocycles. The van der Waals surface area contributed by atoms with Crippen molar-refractivity contribution in [1.29, 1.82) is 0 Å². The summed E-state index contributed by atoms with van der Waals surface area (Å²) in [5.41, 5.74) is 3.10. The minimum atomic E-state index is 0.0319. The van der Waals surface area contributed by atoms with Crippen LogP contribution in [0.2, 0.25) is 0 Å². The predicted octanol–water partition coefficient (Wildman–Crippen LogP) is 1.79. The number of hydrogen-bond donors (Lipinski definition) is 1. The summed E-state index contributed by atoms with van der Waals surface area (Å²) in [6.07, 6.45) is 6.30. The van der Waals surface area contributed by atoms with E-state index in [1.807, 2.05) is 12.1 Å². The number of anilines is 1. The third-order valence-corrected chi connectivity index (χ3v) is 3.97. The van der Waals surface area contributed by atoms with E-state index in [0.717, 1.165) is 36.1 Å². The van der Waals surface area contributed by atoms with Gasteiger partial charge in [-0.05, 0) is 0 Å². The van der Waals surface area contributed by atoms with E-state index in [0.29, 0.717) is 0 Å². The van der Waals surface area contributed by atoms with Crippen molar-refractivity contribution < 1.29 is 4.74 Å². The van der Waals surface area contributed by atoms with E-state index in [-0.39, 0.29) is 21.1 Å². The molecule has 1 aromatic carbocycles. The van der Waals surface area contributed by atoms with Crippen LogP contribution in [0.3, 0.4) is 0 Å². The fourth-order valence-electron chi connectivity index (χ4n) is 1.91. The molecule has 88 valence electrons. The van der Waals surface area contributed by atoms with Gasteiger partial charge in [0.1, 0.15) is 0 Å². The SMILES string of the molecule is C1=COC(CNc2cccc3n[se]nc23)CC1. The molecular formula is C12H13N3OSe. The van der Waals surface area contributed by atoms with E-state index in [9.17, 15) is 0 Å². The van der Waals surface area contributed by atoms with E-state index in [4.69, 9.17) is 4.74 Å². The molecule has 1 aromatic heterocycles. The van der Waals surface area contributed by atoms with Gasteiger partial charge in [-0.3, -0.25) is 0 Å². The number of fused-ring (bicyclic) bond motifs is 1. The van der Waals surface area contributed by atoms with Crippen molar-refractivity contribution >= 4 is 31.7 Å². The van der Waals surface area contributed by atoms with Crippen molar-refractivity contribution in [2.45, 2.75) is 18.9 Å². The van der Waals surface area contributed by atoms with Crippen molar-refractivity contribution in [3.05, 3.63) is 30.5 Å². The molecule has 5 heteroatoms. The number of aromatic nitrogens is 2. The summed E-state index contributed by atoms with van der Waals surface area (Å²) < 4.78 is 14.3. The van der Waals surface area contributed by atoms with E-state index in [1.54, 1.807) is 6.26 Å². The second-order valence-corrected chi connectivity index (χ2v) is 5.13. The molecule has 1 unspecified atom stereocenters. The summed E-state index contributed by atoms with van der Waals surface area (Å²) in [4.78, 5) is 0. The molecule has 3 rings (SSSR count). The average molecular weight is 294 g/mol. The molecule has 1 N–H and O–H groups in total. The van der Waals surface area contributed by atoms with Crippen LogP contribution in [0.1, 0.15) is 12.8 Å². The molecule has 0 saturated heterocycles. The first-order valence-corrected chi connectivity index (χ1v) is 7.22. The maximum absolute atomic E-state index is 5.53. The van der Waals surface area contributed by atoms with Crippen LogP contribution < -0.4 is 5.32 Å². The van der Waals surface area contributed by atoms with Crippen LogP contribution in [0.15, 0.2) is 30.5 Å². The van der Waals surface area contributed by atoms with E-state index in [2.05, 4.69) is 25.4 Å². The third-order valence-electron chi connectivity index (χ3n) is 2.83. The molecule has 17 heavy (non-hydrogen) atoms. The van der Waals surface area contributed by atoms with E-state index in [1.165, 1.54) is 0 Å². The number of rotatable bonds is 3. The van der Waals surface area contributed by atoms with Crippen molar-refractivity contribution in [3.63, 3.8) is 0 Å². The fourth-order valence-corrected chi connectivity index (χ4v) is 3.06. The zero-order valence-corrected chi connectivity index (χ0v) is 11.0. The van der Waals surface area contributed by atoms with Crippen molar-refractivity contribution in [3.8, 4) is 0 Å². The Hall–Kier alpha value is -1.32. The van der Waals surface area contributed by atoms with Crippen LogP contribution in [0, 0.1) is 0 Å². The Balaban J connectivity index is 1.72. The Morgan fingerprint density at radius 2 is 2.41 bits per heavy atom. The van der Waals surface area contributed by atoms with Gasteiger partial charge in [-0.2, -0.15) is 0 Å². The van der Waals surface area contributed by atoms with E-state index < -0.39 is 0 Å². The number of nitrogens with one attached hydrogen (secondary N) is 1. The summed E-state index contributed by atoms with van der Waals surface area (Å²) in [5, 5.41) is 3.41. The summed E-state index contributed by atoms with van der Waals surface area (Å²) in [6, 6.07) is 6.08. The maximum atomic E-state index is 5.53. The van der Waals surface area contributed by atoms with Crippen LogP contribution in [0.5, 0.6) is 0 Å². The second-order valence-electron chi connectivity index (χ2n) is 4.03. The fraction of sp³-hybridized carbons (Fsp3) is 0.333. The molecule has 1 atom stereocenters. The van der Waals surface area contributed by atoms with Crippen LogP contribution in [-0.2, 0) is 4.74 Å². The minimum absolute atomic E-state index is 0.0319. The molecule has 0 amide bonds. The van der Waals surface area contributed by atoms with Gasteiger partial charge in [-0.25, -0.2) is 0 Å². The van der Waals surface area contributed by atoms with Gasteiger partial charge in [0.2, 0.25) is 0 Å². The standard InChI is InChI=1S/C12H13N3OSe/c1-2-7-16-9(4-1)8-13-10-5-3-6-11-12(10)15-17-14-11/h2-3,5-7,9,13H,1,4,8H2. The Morgan fingerprint density at radius 3 is 3.29 bits per heavy atom. The van der Waals surface area contributed by atoms with Crippen LogP contribution >= 0.6 is 0 Å². The Bertz CT molecular complexity index is 537. The zero-order valence-electron chi connectivity index (χ0n) is 9.30. The van der Waals surface area contributed by atoms with Gasteiger partial charge in [0.25, 0.3) is 0 Å². The number of nitrogens with zero attached hydrogens (tertiary/aromatic N) is 2. The van der Waals surface area contributed by atoms with Crippen LogP contribution in [0.25, 0.3) is 11.0 Å². The van der Waals surface area contributed by atoms with Gasteiger partial charge >= 0.3 is 106 Å². The molecule has 0 spiro atoms. The Kier molecular flexibility index (Phi) is 3.12. The van der Waals surface area contributed by atoms with Gasteiger partial charge in [-0.15, -0.1) is 0 Å². The summed E-state index contributed by atoms with van der Waals surface area (Å²) in [7, 11) is 0. The molecule has 0 saturated carbocycles. The monoisotopic (exact) mass is 295 g/mol. The van der Waals surface area contributed by atoms with Gasteiger partial charge < -0.3 is 0 Å². The molecule has 0 radical (unpaired) electrons. The second kappa shape index (κ2) is 4.90. The molecule has 0 fully saturated rings. The molecule has 1 aliphatic rings. The predicted molar refractivity (Wildman–Crippen MR) is 68.2 cm³/mol. The summed E-state index contributed by atoms with van der Waals surface area (Å²) in [6.45, 7) is 0.823. The van der Waals surface area contributed by atoms with Crippen LogP contribution in [0.4, 0.5) is 5.69 Å². The van der Waals surface area contributed by atoms with Crippen molar-refractivity contribution in [2.75, 3.05) is 11.9 Å². The van der Waals surface area contributed by atoms with Gasteiger partial charge in [-0.1, -0.05) is 0 Å².